The van der Waals surface area contributed by atoms with Gasteiger partial charge in [-0.15, -0.1) is 0 Å². The molecule has 1 aliphatic rings. The SMILES string of the molecule is CCc1c(S(C)(=O)=O)ccc(C(=O)c2c(C3CC3)nn(C)c2OC(=O)c2ccn(C)c2)c1C. The van der Waals surface area contributed by atoms with E-state index in [4.69, 9.17) is 4.74 Å². The predicted molar refractivity (Wildman–Crippen MR) is 123 cm³/mol. The van der Waals surface area contributed by atoms with Crippen LogP contribution >= 0.6 is 0 Å². The van der Waals surface area contributed by atoms with E-state index in [1.165, 1.54) is 10.7 Å². The number of carbonyl (C=O) groups is 2. The van der Waals surface area contributed by atoms with Crippen LogP contribution in [0.5, 0.6) is 5.88 Å². The Morgan fingerprint density at radius 3 is 2.42 bits per heavy atom. The molecule has 174 valence electrons. The molecule has 0 radical (unpaired) electrons. The molecule has 3 aromatic rings. The number of nitrogens with zero attached hydrogens (tertiary/aromatic N) is 3. The fraction of sp³-hybridized carbons (Fsp3) is 0.375. The Labute approximate surface area is 193 Å². The summed E-state index contributed by atoms with van der Waals surface area (Å²) < 4.78 is 33.3. The van der Waals surface area contributed by atoms with Crippen molar-refractivity contribution in [3.63, 3.8) is 0 Å². The van der Waals surface area contributed by atoms with Crippen molar-refractivity contribution < 1.29 is 22.7 Å². The highest BCUT2D eigenvalue weighted by molar-refractivity contribution is 7.90. The third-order valence-electron chi connectivity index (χ3n) is 6.02. The zero-order valence-corrected chi connectivity index (χ0v) is 20.2. The second-order valence-electron chi connectivity index (χ2n) is 8.59. The summed E-state index contributed by atoms with van der Waals surface area (Å²) in [4.78, 5) is 26.8. The van der Waals surface area contributed by atoms with Crippen LogP contribution in [0.4, 0.5) is 0 Å². The molecule has 0 saturated heterocycles. The van der Waals surface area contributed by atoms with Gasteiger partial charge in [0.25, 0.3) is 0 Å². The van der Waals surface area contributed by atoms with Gasteiger partial charge in [-0.05, 0) is 55.5 Å². The number of esters is 1. The second kappa shape index (κ2) is 8.30. The zero-order valence-electron chi connectivity index (χ0n) is 19.4. The quantitative estimate of drug-likeness (QED) is 0.389. The fourth-order valence-corrected chi connectivity index (χ4v) is 5.23. The number of hydrogen-bond donors (Lipinski definition) is 0. The minimum absolute atomic E-state index is 0.0976. The summed E-state index contributed by atoms with van der Waals surface area (Å²) in [5, 5.41) is 4.52. The smallest absolute Gasteiger partial charge is 0.346 e. The van der Waals surface area contributed by atoms with Gasteiger partial charge in [-0.2, -0.15) is 5.10 Å². The van der Waals surface area contributed by atoms with Crippen LogP contribution in [-0.4, -0.2) is 40.8 Å². The van der Waals surface area contributed by atoms with Gasteiger partial charge in [0, 0.05) is 44.2 Å². The van der Waals surface area contributed by atoms with Gasteiger partial charge in [0.15, 0.2) is 9.84 Å². The van der Waals surface area contributed by atoms with Gasteiger partial charge >= 0.3 is 5.97 Å². The fourth-order valence-electron chi connectivity index (χ4n) is 4.17. The average Bonchev–Trinajstić information content (AvgIpc) is 3.42. The first-order valence-electron chi connectivity index (χ1n) is 10.8. The molecule has 2 heterocycles. The molecule has 0 bridgehead atoms. The van der Waals surface area contributed by atoms with Gasteiger partial charge in [0.1, 0.15) is 5.56 Å². The summed E-state index contributed by atoms with van der Waals surface area (Å²) in [6.45, 7) is 3.61. The monoisotopic (exact) mass is 469 g/mol. The number of rotatable bonds is 7. The molecule has 1 aromatic carbocycles. The highest BCUT2D eigenvalue weighted by Crippen LogP contribution is 2.44. The van der Waals surface area contributed by atoms with E-state index in [1.54, 1.807) is 50.1 Å². The number of benzene rings is 1. The lowest BCUT2D eigenvalue weighted by Crippen LogP contribution is -2.15. The molecular weight excluding hydrogens is 442 g/mol. The van der Waals surface area contributed by atoms with Gasteiger partial charge in [-0.1, -0.05) is 6.92 Å². The van der Waals surface area contributed by atoms with Crippen molar-refractivity contribution in [2.45, 2.75) is 43.9 Å². The second-order valence-corrected chi connectivity index (χ2v) is 10.6. The molecule has 0 amide bonds. The molecule has 0 unspecified atom stereocenters. The first kappa shape index (κ1) is 23.0. The van der Waals surface area contributed by atoms with Gasteiger partial charge in [0.2, 0.25) is 11.7 Å². The number of ether oxygens (including phenoxy) is 1. The summed E-state index contributed by atoms with van der Waals surface area (Å²) in [7, 11) is 0.0126. The minimum Gasteiger partial charge on any atom is -0.403 e. The molecule has 1 saturated carbocycles. The third-order valence-corrected chi connectivity index (χ3v) is 7.20. The van der Waals surface area contributed by atoms with E-state index in [0.717, 1.165) is 19.1 Å². The van der Waals surface area contributed by atoms with Crippen molar-refractivity contribution in [1.29, 1.82) is 0 Å². The first-order chi connectivity index (χ1) is 15.5. The van der Waals surface area contributed by atoms with E-state index in [1.807, 2.05) is 6.92 Å². The molecule has 0 N–H and O–H groups in total. The number of carbonyl (C=O) groups excluding carboxylic acids is 2. The van der Waals surface area contributed by atoms with Crippen LogP contribution in [-0.2, 0) is 30.4 Å². The Kier molecular flexibility index (Phi) is 5.78. The van der Waals surface area contributed by atoms with E-state index in [2.05, 4.69) is 5.10 Å². The highest BCUT2D eigenvalue weighted by Gasteiger charge is 2.36. The molecule has 9 heteroatoms. The van der Waals surface area contributed by atoms with E-state index >= 15 is 0 Å². The molecule has 4 rings (SSSR count). The molecule has 33 heavy (non-hydrogen) atoms. The van der Waals surface area contributed by atoms with Crippen LogP contribution in [0.3, 0.4) is 0 Å². The number of aromatic nitrogens is 3. The molecule has 0 spiro atoms. The van der Waals surface area contributed by atoms with Gasteiger partial charge < -0.3 is 9.30 Å². The minimum atomic E-state index is -3.43. The number of ketones is 1. The lowest BCUT2D eigenvalue weighted by atomic mass is 9.93. The molecule has 1 aliphatic carbocycles. The Bertz CT molecular complexity index is 1380. The maximum absolute atomic E-state index is 13.8. The van der Waals surface area contributed by atoms with Gasteiger partial charge in [-0.3, -0.25) is 4.79 Å². The van der Waals surface area contributed by atoms with Crippen LogP contribution in [0.2, 0.25) is 0 Å². The normalized spacial score (nSPS) is 13.8. The van der Waals surface area contributed by atoms with Crippen molar-refractivity contribution >= 4 is 21.6 Å². The predicted octanol–water partition coefficient (Wildman–Crippen LogP) is 3.36. The zero-order chi connectivity index (χ0) is 24.1. The molecule has 0 aliphatic heterocycles. The first-order valence-corrected chi connectivity index (χ1v) is 12.7. The van der Waals surface area contributed by atoms with Gasteiger partial charge in [0.05, 0.1) is 16.2 Å². The topological polar surface area (TPSA) is 100 Å². The lowest BCUT2D eigenvalue weighted by molar-refractivity contribution is 0.0718. The molecule has 1 fully saturated rings. The van der Waals surface area contributed by atoms with E-state index in [9.17, 15) is 18.0 Å². The van der Waals surface area contributed by atoms with Crippen molar-refractivity contribution in [1.82, 2.24) is 14.3 Å². The van der Waals surface area contributed by atoms with E-state index in [-0.39, 0.29) is 28.0 Å². The van der Waals surface area contributed by atoms with Crippen molar-refractivity contribution in [2.24, 2.45) is 14.1 Å². The summed E-state index contributed by atoms with van der Waals surface area (Å²) in [6, 6.07) is 4.67. The number of sulfone groups is 1. The van der Waals surface area contributed by atoms with Crippen molar-refractivity contribution in [3.05, 3.63) is 64.1 Å². The van der Waals surface area contributed by atoms with Gasteiger partial charge in [-0.25, -0.2) is 17.9 Å². The molecular formula is C24H27N3O5S. The Hall–Kier alpha value is -3.20. The summed E-state index contributed by atoms with van der Waals surface area (Å²) >= 11 is 0. The van der Waals surface area contributed by atoms with E-state index < -0.39 is 15.8 Å². The average molecular weight is 470 g/mol. The van der Waals surface area contributed by atoms with E-state index in [0.29, 0.717) is 34.4 Å². The number of aryl methyl sites for hydroxylation is 2. The largest absolute Gasteiger partial charge is 0.403 e. The van der Waals surface area contributed by atoms with Crippen LogP contribution in [0, 0.1) is 6.92 Å². The summed E-state index contributed by atoms with van der Waals surface area (Å²) in [5.41, 5.74) is 2.85. The standard InChI is InChI=1S/C24H27N3O5S/c1-6-17-14(2)18(9-10-19(17)33(5,30)31)22(28)20-21(15-7-8-15)25-27(4)23(20)32-24(29)16-11-12-26(3)13-16/h9-13,15H,6-8H2,1-5H3. The van der Waals surface area contributed by atoms with Crippen LogP contribution in [0.15, 0.2) is 35.5 Å². The molecule has 0 atom stereocenters. The molecule has 8 nitrogen and oxygen atoms in total. The maximum atomic E-state index is 13.8. The Balaban J connectivity index is 1.82. The van der Waals surface area contributed by atoms with Crippen LogP contribution in [0.1, 0.15) is 68.8 Å². The Morgan fingerprint density at radius 1 is 1.18 bits per heavy atom. The summed E-state index contributed by atoms with van der Waals surface area (Å²) in [6.07, 6.45) is 6.83. The maximum Gasteiger partial charge on any atom is 0.346 e. The van der Waals surface area contributed by atoms with Crippen LogP contribution in [0.25, 0.3) is 0 Å². The summed E-state index contributed by atoms with van der Waals surface area (Å²) in [5.74, 6) is -0.664. The number of hydrogen-bond acceptors (Lipinski definition) is 6. The third kappa shape index (κ3) is 4.25. The van der Waals surface area contributed by atoms with Crippen molar-refractivity contribution in [2.75, 3.05) is 6.26 Å². The van der Waals surface area contributed by atoms with Crippen molar-refractivity contribution in [3.8, 4) is 5.88 Å². The van der Waals surface area contributed by atoms with Crippen LogP contribution < -0.4 is 4.74 Å². The Morgan fingerprint density at radius 2 is 1.88 bits per heavy atom. The highest BCUT2D eigenvalue weighted by atomic mass is 32.2. The lowest BCUT2D eigenvalue weighted by Gasteiger charge is -2.14. The molecule has 2 aromatic heterocycles.